The summed E-state index contributed by atoms with van der Waals surface area (Å²) in [5.74, 6) is -0.0559. The Kier molecular flexibility index (Phi) is 15.4. The van der Waals surface area contributed by atoms with Crippen LogP contribution in [0.25, 0.3) is 0 Å². The van der Waals surface area contributed by atoms with Gasteiger partial charge in [-0.3, -0.25) is 0 Å². The molecule has 0 N–H and O–H groups in total. The van der Waals surface area contributed by atoms with E-state index in [1.54, 1.807) is 27.7 Å². The van der Waals surface area contributed by atoms with Crippen LogP contribution in [0, 0.1) is 55.4 Å². The molecule has 0 heterocycles. The minimum absolute atomic E-state index is 0.0907. The second kappa shape index (κ2) is 19.9. The van der Waals surface area contributed by atoms with Crippen molar-refractivity contribution in [2.75, 3.05) is 0 Å². The fourth-order valence-corrected chi connectivity index (χ4v) is 7.68. The van der Waals surface area contributed by atoms with Crippen molar-refractivity contribution in [3.63, 3.8) is 0 Å². The first-order valence-electron chi connectivity index (χ1n) is 20.5. The summed E-state index contributed by atoms with van der Waals surface area (Å²) in [5.41, 5.74) is 12.1. The van der Waals surface area contributed by atoms with Crippen LogP contribution >= 0.6 is 0 Å². The molecule has 320 valence electrons. The van der Waals surface area contributed by atoms with Gasteiger partial charge in [0.05, 0.1) is 0 Å². The van der Waals surface area contributed by atoms with Gasteiger partial charge in [-0.1, -0.05) is 81.3 Å². The number of ether oxygens (including phenoxy) is 4. The van der Waals surface area contributed by atoms with Gasteiger partial charge >= 0.3 is 23.9 Å². The smallest absolute Gasteiger partial charge is 0.338 e. The van der Waals surface area contributed by atoms with E-state index >= 15 is 0 Å². The van der Waals surface area contributed by atoms with Crippen LogP contribution in [0.15, 0.2) is 97.1 Å². The lowest BCUT2D eigenvalue weighted by Crippen LogP contribution is -2.13. The van der Waals surface area contributed by atoms with E-state index in [0.29, 0.717) is 45.3 Å². The third-order valence-corrected chi connectivity index (χ3v) is 10.7. The monoisotopic (exact) mass is 824 g/mol. The van der Waals surface area contributed by atoms with E-state index in [9.17, 15) is 19.2 Å². The van der Waals surface area contributed by atoms with Crippen LogP contribution in [0.5, 0.6) is 23.0 Å². The lowest BCUT2D eigenvalue weighted by molar-refractivity contribution is -0.131. The number of carbonyl (C=O) groups excluding carboxylic acids is 4. The number of benzene rings is 4. The van der Waals surface area contributed by atoms with Crippen molar-refractivity contribution in [2.45, 2.75) is 114 Å². The Balaban J connectivity index is 1.84. The zero-order valence-corrected chi connectivity index (χ0v) is 38.0. The molecule has 0 aromatic heterocycles. The van der Waals surface area contributed by atoms with Crippen molar-refractivity contribution < 1.29 is 38.1 Å². The topological polar surface area (TPSA) is 105 Å². The number of esters is 4. The molecule has 0 spiro atoms. The number of carbonyl (C=O) groups is 4. The van der Waals surface area contributed by atoms with E-state index in [-0.39, 0.29) is 11.8 Å². The Hall–Kier alpha value is -6.28. The van der Waals surface area contributed by atoms with Gasteiger partial charge < -0.3 is 18.9 Å². The van der Waals surface area contributed by atoms with Gasteiger partial charge in [0, 0.05) is 34.1 Å². The van der Waals surface area contributed by atoms with Gasteiger partial charge in [0.15, 0.2) is 0 Å². The van der Waals surface area contributed by atoms with Gasteiger partial charge in [0.25, 0.3) is 0 Å². The van der Waals surface area contributed by atoms with Gasteiger partial charge in [-0.05, 0) is 163 Å². The maximum absolute atomic E-state index is 12.6. The van der Waals surface area contributed by atoms with Crippen molar-refractivity contribution in [2.24, 2.45) is 0 Å². The van der Waals surface area contributed by atoms with E-state index in [2.05, 4.69) is 74.8 Å². The van der Waals surface area contributed by atoms with Crippen molar-refractivity contribution in [1.29, 1.82) is 0 Å². The molecule has 0 radical (unpaired) electrons. The summed E-state index contributed by atoms with van der Waals surface area (Å²) >= 11 is 0. The highest BCUT2D eigenvalue weighted by molar-refractivity contribution is 5.91. The Morgan fingerprint density at radius 2 is 0.541 bits per heavy atom. The first kappa shape index (κ1) is 47.4. The first-order chi connectivity index (χ1) is 28.5. The van der Waals surface area contributed by atoms with Crippen molar-refractivity contribution >= 4 is 23.9 Å². The summed E-state index contributed by atoms with van der Waals surface area (Å²) in [5, 5.41) is 0. The van der Waals surface area contributed by atoms with E-state index in [1.165, 1.54) is 0 Å². The van der Waals surface area contributed by atoms with Gasteiger partial charge in [0.1, 0.15) is 23.0 Å². The second-order valence-electron chi connectivity index (χ2n) is 16.7. The maximum atomic E-state index is 12.6. The second-order valence-corrected chi connectivity index (χ2v) is 16.7. The standard InChI is InChI=1S/C53H60O8/c1-28(2)50(54)58-46-32(9)20-40(21-33(46)10)44(41-22-34(11)47(35(12)23-41)59-51(55)29(3)4)18-17-19-45(42-24-36(13)48(37(14)25-42)60-52(56)30(5)6)43-26-38(15)49(39(16)27-43)61-53(57)31(7)8/h20-27,44-45H,1,3,5,7,17-19H2,2,4,6,8-16H3. The SMILES string of the molecule is C=C(C)C(=O)Oc1c(C)cc(C(CCCC(c2cc(C)c(OC(=O)C(=C)C)c(C)c2)c2cc(C)c(OC(=O)C(=C)C)c(C)c2)c2cc(C)c(OC(=O)C(=C)C)c(C)c2)cc1C. The predicted molar refractivity (Wildman–Crippen MR) is 243 cm³/mol. The Bertz CT molecular complexity index is 2050. The highest BCUT2D eigenvalue weighted by Gasteiger charge is 2.25. The average molecular weight is 825 g/mol. The average Bonchev–Trinajstić information content (AvgIpc) is 3.16. The molecule has 0 aliphatic carbocycles. The number of aryl methyl sites for hydroxylation is 8. The number of rotatable bonds is 16. The van der Waals surface area contributed by atoms with Gasteiger partial charge in [0.2, 0.25) is 0 Å². The Labute approximate surface area is 362 Å². The van der Waals surface area contributed by atoms with E-state index in [4.69, 9.17) is 18.9 Å². The van der Waals surface area contributed by atoms with Crippen LogP contribution in [0.1, 0.15) is 126 Å². The number of hydrogen-bond donors (Lipinski definition) is 0. The van der Waals surface area contributed by atoms with E-state index < -0.39 is 23.9 Å². The summed E-state index contributed by atoms with van der Waals surface area (Å²) < 4.78 is 23.0. The van der Waals surface area contributed by atoms with Crippen LogP contribution in [0.2, 0.25) is 0 Å². The molecule has 61 heavy (non-hydrogen) atoms. The summed E-state index contributed by atoms with van der Waals surface area (Å²) in [6.45, 7) is 37.0. The maximum Gasteiger partial charge on any atom is 0.338 e. The largest absolute Gasteiger partial charge is 0.423 e. The number of hydrogen-bond acceptors (Lipinski definition) is 8. The van der Waals surface area contributed by atoms with Crippen LogP contribution in [-0.2, 0) is 19.2 Å². The highest BCUT2D eigenvalue weighted by Crippen LogP contribution is 2.42. The Morgan fingerprint density at radius 3 is 0.689 bits per heavy atom. The quantitative estimate of drug-likeness (QED) is 0.0625. The fraction of sp³-hybridized carbons (Fsp3) is 0.321. The van der Waals surface area contributed by atoms with Crippen LogP contribution < -0.4 is 18.9 Å². The molecule has 0 unspecified atom stereocenters. The molecule has 0 aliphatic rings. The first-order valence-corrected chi connectivity index (χ1v) is 20.5. The minimum atomic E-state index is -0.479. The molecule has 0 aliphatic heterocycles. The predicted octanol–water partition coefficient (Wildman–Crippen LogP) is 12.2. The molecule has 8 heteroatoms. The Morgan fingerprint density at radius 1 is 0.377 bits per heavy atom. The zero-order valence-electron chi connectivity index (χ0n) is 38.0. The molecular weight excluding hydrogens is 765 g/mol. The third kappa shape index (κ3) is 11.5. The molecule has 4 aromatic carbocycles. The molecule has 0 saturated heterocycles. The van der Waals surface area contributed by atoms with Crippen molar-refractivity contribution in [3.05, 3.63) is 164 Å². The molecule has 4 aromatic rings. The van der Waals surface area contributed by atoms with Crippen LogP contribution in [0.4, 0.5) is 0 Å². The molecule has 0 bridgehead atoms. The molecule has 0 saturated carbocycles. The van der Waals surface area contributed by atoms with Crippen molar-refractivity contribution in [1.82, 2.24) is 0 Å². The summed E-state index contributed by atoms with van der Waals surface area (Å²) in [6.07, 6.45) is 2.25. The van der Waals surface area contributed by atoms with Gasteiger partial charge in [-0.2, -0.15) is 0 Å². The van der Waals surface area contributed by atoms with E-state index in [1.807, 2.05) is 55.4 Å². The molecular formula is C53H60O8. The molecule has 8 nitrogen and oxygen atoms in total. The fourth-order valence-electron chi connectivity index (χ4n) is 7.68. The minimum Gasteiger partial charge on any atom is -0.423 e. The van der Waals surface area contributed by atoms with Crippen molar-refractivity contribution in [3.8, 4) is 23.0 Å². The van der Waals surface area contributed by atoms with Gasteiger partial charge in [-0.15, -0.1) is 0 Å². The van der Waals surface area contributed by atoms with Crippen LogP contribution in [0.3, 0.4) is 0 Å². The van der Waals surface area contributed by atoms with Crippen LogP contribution in [-0.4, -0.2) is 23.9 Å². The lowest BCUT2D eigenvalue weighted by Gasteiger charge is -2.25. The molecule has 0 amide bonds. The zero-order chi connectivity index (χ0) is 45.6. The highest BCUT2D eigenvalue weighted by atomic mass is 16.5. The molecule has 4 rings (SSSR count). The van der Waals surface area contributed by atoms with E-state index in [0.717, 1.165) is 86.0 Å². The summed E-state index contributed by atoms with van der Waals surface area (Å²) in [4.78, 5) is 50.3. The third-order valence-electron chi connectivity index (χ3n) is 10.7. The summed E-state index contributed by atoms with van der Waals surface area (Å²) in [6, 6.07) is 16.6. The molecule has 0 fully saturated rings. The normalized spacial score (nSPS) is 11.0. The summed E-state index contributed by atoms with van der Waals surface area (Å²) in [7, 11) is 0. The van der Waals surface area contributed by atoms with Gasteiger partial charge in [-0.25, -0.2) is 19.2 Å². The molecule has 0 atom stereocenters. The lowest BCUT2D eigenvalue weighted by atomic mass is 9.80.